The molecule has 134 valence electrons. The number of piperidine rings is 1. The fourth-order valence-electron chi connectivity index (χ4n) is 3.87. The minimum atomic E-state index is 0.264. The van der Waals surface area contributed by atoms with Gasteiger partial charge in [0.05, 0.1) is 19.4 Å². The van der Waals surface area contributed by atoms with E-state index in [1.54, 1.807) is 0 Å². The molecule has 2 aliphatic rings. The Balaban J connectivity index is 1.41. The number of carbonyl (C=O) groups excluding carboxylic acids is 1. The number of likely N-dealkylation sites (tertiary alicyclic amines) is 1. The Morgan fingerprint density at radius 3 is 2.62 bits per heavy atom. The van der Waals surface area contributed by atoms with Crippen LogP contribution in [0.5, 0.6) is 0 Å². The molecule has 2 aliphatic heterocycles. The van der Waals surface area contributed by atoms with Crippen LogP contribution >= 0.6 is 0 Å². The lowest BCUT2D eigenvalue weighted by Crippen LogP contribution is -2.49. The van der Waals surface area contributed by atoms with Crippen molar-refractivity contribution < 1.29 is 9.53 Å². The van der Waals surface area contributed by atoms with Crippen molar-refractivity contribution in [1.82, 2.24) is 19.6 Å². The molecule has 24 heavy (non-hydrogen) atoms. The highest BCUT2D eigenvalue weighted by Gasteiger charge is 2.29. The van der Waals surface area contributed by atoms with E-state index in [1.165, 1.54) is 0 Å². The summed E-state index contributed by atoms with van der Waals surface area (Å²) >= 11 is 0. The summed E-state index contributed by atoms with van der Waals surface area (Å²) in [7, 11) is 0. The van der Waals surface area contributed by atoms with Gasteiger partial charge in [-0.1, -0.05) is 0 Å². The van der Waals surface area contributed by atoms with Gasteiger partial charge in [-0.3, -0.25) is 14.4 Å². The highest BCUT2D eigenvalue weighted by molar-refractivity contribution is 5.76. The Bertz CT molecular complexity index is 531. The summed E-state index contributed by atoms with van der Waals surface area (Å²) in [5.41, 5.74) is 1.14. The van der Waals surface area contributed by atoms with E-state index in [9.17, 15) is 4.79 Å². The number of carbonyl (C=O) groups is 1. The summed E-state index contributed by atoms with van der Waals surface area (Å²) in [5, 5.41) is 4.25. The molecule has 0 bridgehead atoms. The second-order valence-corrected chi connectivity index (χ2v) is 7.14. The van der Waals surface area contributed by atoms with E-state index in [0.29, 0.717) is 24.9 Å². The molecule has 1 atom stereocenters. The number of nitrogens with zero attached hydrogens (tertiary/aromatic N) is 4. The molecule has 1 aromatic rings. The second kappa shape index (κ2) is 8.12. The lowest BCUT2D eigenvalue weighted by molar-refractivity contribution is -0.133. The van der Waals surface area contributed by atoms with Gasteiger partial charge in [-0.2, -0.15) is 5.10 Å². The van der Waals surface area contributed by atoms with Gasteiger partial charge in [0.15, 0.2) is 0 Å². The van der Waals surface area contributed by atoms with Crippen molar-refractivity contribution in [3.05, 3.63) is 18.0 Å². The highest BCUT2D eigenvalue weighted by Crippen LogP contribution is 2.25. The molecule has 1 aromatic heterocycles. The number of aryl methyl sites for hydroxylation is 2. The number of hydrogen-bond acceptors (Lipinski definition) is 4. The third kappa shape index (κ3) is 4.36. The van der Waals surface area contributed by atoms with Crippen molar-refractivity contribution in [3.63, 3.8) is 0 Å². The predicted octanol–water partition coefficient (Wildman–Crippen LogP) is 1.54. The van der Waals surface area contributed by atoms with Gasteiger partial charge in [0.25, 0.3) is 0 Å². The molecule has 3 heterocycles. The van der Waals surface area contributed by atoms with Crippen molar-refractivity contribution in [2.24, 2.45) is 5.92 Å². The van der Waals surface area contributed by atoms with Crippen molar-refractivity contribution >= 4 is 5.91 Å². The molecule has 0 radical (unpaired) electrons. The van der Waals surface area contributed by atoms with Gasteiger partial charge in [-0.15, -0.1) is 0 Å². The van der Waals surface area contributed by atoms with Crippen LogP contribution < -0.4 is 0 Å². The van der Waals surface area contributed by atoms with E-state index >= 15 is 0 Å². The first kappa shape index (κ1) is 17.4. The zero-order chi connectivity index (χ0) is 16.9. The molecule has 2 saturated heterocycles. The summed E-state index contributed by atoms with van der Waals surface area (Å²) in [4.78, 5) is 17.0. The molecular formula is C18H30N4O2. The zero-order valence-electron chi connectivity index (χ0n) is 15.0. The number of rotatable bonds is 5. The zero-order valence-corrected chi connectivity index (χ0v) is 15.0. The number of hydrogen-bond donors (Lipinski definition) is 0. The van der Waals surface area contributed by atoms with Crippen LogP contribution in [-0.2, 0) is 16.1 Å². The fraction of sp³-hybridized carbons (Fsp3) is 0.778. The number of amides is 1. The standard InChI is InChI=1S/C18H30N4O2/c1-15-13-19-22(14-15)8-5-18(23)21-6-3-17(4-7-21)16(2)20-9-11-24-12-10-20/h13-14,16-17H,3-12H2,1-2H3/t16-/m0/s1. The summed E-state index contributed by atoms with van der Waals surface area (Å²) < 4.78 is 7.31. The monoisotopic (exact) mass is 334 g/mol. The average Bonchev–Trinajstić information content (AvgIpc) is 3.05. The van der Waals surface area contributed by atoms with Crippen molar-refractivity contribution in [1.29, 1.82) is 0 Å². The Morgan fingerprint density at radius 2 is 2.00 bits per heavy atom. The third-order valence-corrected chi connectivity index (χ3v) is 5.51. The summed E-state index contributed by atoms with van der Waals surface area (Å²) in [5.74, 6) is 0.960. The van der Waals surface area contributed by atoms with Crippen molar-refractivity contribution in [2.45, 2.75) is 45.7 Å². The third-order valence-electron chi connectivity index (χ3n) is 5.51. The fourth-order valence-corrected chi connectivity index (χ4v) is 3.87. The van der Waals surface area contributed by atoms with E-state index in [0.717, 1.165) is 57.8 Å². The smallest absolute Gasteiger partial charge is 0.224 e. The molecule has 6 nitrogen and oxygen atoms in total. The number of morpholine rings is 1. The molecule has 0 saturated carbocycles. The first-order chi connectivity index (χ1) is 11.6. The van der Waals surface area contributed by atoms with Crippen LogP contribution in [0.1, 0.15) is 31.7 Å². The maximum Gasteiger partial charge on any atom is 0.224 e. The first-order valence-electron chi connectivity index (χ1n) is 9.22. The molecule has 1 amide bonds. The summed E-state index contributed by atoms with van der Waals surface area (Å²) in [6, 6.07) is 0.596. The van der Waals surface area contributed by atoms with Crippen LogP contribution in [0.2, 0.25) is 0 Å². The first-order valence-corrected chi connectivity index (χ1v) is 9.22. The van der Waals surface area contributed by atoms with Gasteiger partial charge < -0.3 is 9.64 Å². The topological polar surface area (TPSA) is 50.6 Å². The van der Waals surface area contributed by atoms with Gasteiger partial charge in [0, 0.05) is 51.4 Å². The minimum absolute atomic E-state index is 0.264. The average molecular weight is 334 g/mol. The molecule has 2 fully saturated rings. The predicted molar refractivity (Wildman–Crippen MR) is 92.7 cm³/mol. The van der Waals surface area contributed by atoms with Crippen LogP contribution in [0.15, 0.2) is 12.4 Å². The Hall–Kier alpha value is -1.40. The lowest BCUT2D eigenvalue weighted by atomic mass is 9.89. The highest BCUT2D eigenvalue weighted by atomic mass is 16.5. The van der Waals surface area contributed by atoms with Gasteiger partial charge >= 0.3 is 0 Å². The molecule has 0 N–H and O–H groups in total. The van der Waals surface area contributed by atoms with Crippen LogP contribution in [0.4, 0.5) is 0 Å². The Morgan fingerprint density at radius 1 is 1.29 bits per heavy atom. The van der Waals surface area contributed by atoms with Crippen LogP contribution in [0.3, 0.4) is 0 Å². The summed E-state index contributed by atoms with van der Waals surface area (Å²) in [6.45, 7) is 10.6. The van der Waals surface area contributed by atoms with Crippen molar-refractivity contribution in [3.8, 4) is 0 Å². The quantitative estimate of drug-likeness (QED) is 0.820. The molecule has 6 heteroatoms. The van der Waals surface area contributed by atoms with Gasteiger partial charge in [-0.05, 0) is 38.2 Å². The Kier molecular flexibility index (Phi) is 5.89. The molecule has 0 unspecified atom stereocenters. The minimum Gasteiger partial charge on any atom is -0.379 e. The van der Waals surface area contributed by atoms with Crippen molar-refractivity contribution in [2.75, 3.05) is 39.4 Å². The maximum atomic E-state index is 12.4. The van der Waals surface area contributed by atoms with Gasteiger partial charge in [0.2, 0.25) is 5.91 Å². The number of aromatic nitrogens is 2. The molecule has 0 aliphatic carbocycles. The lowest BCUT2D eigenvalue weighted by Gasteiger charge is -2.41. The molecule has 0 aromatic carbocycles. The van der Waals surface area contributed by atoms with E-state index in [4.69, 9.17) is 4.74 Å². The molecular weight excluding hydrogens is 304 g/mol. The maximum absolute atomic E-state index is 12.4. The van der Waals surface area contributed by atoms with Gasteiger partial charge in [0.1, 0.15) is 0 Å². The van der Waals surface area contributed by atoms with E-state index in [-0.39, 0.29) is 5.91 Å². The Labute approximate surface area is 144 Å². The van der Waals surface area contributed by atoms with Gasteiger partial charge in [-0.25, -0.2) is 0 Å². The second-order valence-electron chi connectivity index (χ2n) is 7.14. The van der Waals surface area contributed by atoms with E-state index < -0.39 is 0 Å². The SMILES string of the molecule is Cc1cnn(CCC(=O)N2CCC([C@H](C)N3CCOCC3)CC2)c1. The molecule has 3 rings (SSSR count). The normalized spacial score (nSPS) is 21.8. The summed E-state index contributed by atoms with van der Waals surface area (Å²) in [6.07, 6.45) is 6.60. The van der Waals surface area contributed by atoms with Crippen LogP contribution in [0.25, 0.3) is 0 Å². The molecule has 0 spiro atoms. The largest absolute Gasteiger partial charge is 0.379 e. The van der Waals surface area contributed by atoms with Crippen LogP contribution in [-0.4, -0.2) is 70.9 Å². The number of ether oxygens (including phenoxy) is 1. The van der Waals surface area contributed by atoms with E-state index in [2.05, 4.69) is 16.9 Å². The van der Waals surface area contributed by atoms with Crippen LogP contribution in [0, 0.1) is 12.8 Å². The van der Waals surface area contributed by atoms with E-state index in [1.807, 2.05) is 28.9 Å².